The lowest BCUT2D eigenvalue weighted by molar-refractivity contribution is -0.0515. The van der Waals surface area contributed by atoms with Crippen molar-refractivity contribution in [2.75, 3.05) is 6.54 Å². The van der Waals surface area contributed by atoms with E-state index in [1.54, 1.807) is 0 Å². The average molecular weight is 415 g/mol. The van der Waals surface area contributed by atoms with E-state index in [4.69, 9.17) is 0 Å². The first-order valence-corrected chi connectivity index (χ1v) is 11.2. The van der Waals surface area contributed by atoms with Crippen molar-refractivity contribution in [2.24, 2.45) is 5.41 Å². The van der Waals surface area contributed by atoms with E-state index in [1.807, 2.05) is 42.5 Å². The van der Waals surface area contributed by atoms with E-state index >= 15 is 0 Å². The Hall–Kier alpha value is -3.15. The lowest BCUT2D eigenvalue weighted by Gasteiger charge is -2.59. The van der Waals surface area contributed by atoms with Crippen LogP contribution in [-0.4, -0.2) is 39.8 Å². The Kier molecular flexibility index (Phi) is 4.16. The Morgan fingerprint density at radius 2 is 1.65 bits per heavy atom. The third kappa shape index (κ3) is 3.12. The number of nitrogens with zero attached hydrogens (tertiary/aromatic N) is 2. The molecule has 1 atom stereocenters. The molecule has 1 saturated heterocycles. The second-order valence-electron chi connectivity index (χ2n) is 9.64. The van der Waals surface area contributed by atoms with E-state index in [0.717, 1.165) is 55.1 Å². The molecular formula is C25H26N4O2. The molecule has 3 aliphatic rings. The summed E-state index contributed by atoms with van der Waals surface area (Å²) in [6.45, 7) is 0.796. The molecule has 3 fully saturated rings. The molecule has 0 unspecified atom stereocenters. The van der Waals surface area contributed by atoms with Crippen LogP contribution in [0.2, 0.25) is 0 Å². The lowest BCUT2D eigenvalue weighted by Crippen LogP contribution is -2.56. The molecule has 2 saturated carbocycles. The van der Waals surface area contributed by atoms with Crippen molar-refractivity contribution in [1.82, 2.24) is 20.4 Å². The molecule has 158 valence electrons. The highest BCUT2D eigenvalue weighted by Gasteiger charge is 2.56. The van der Waals surface area contributed by atoms with Crippen LogP contribution < -0.4 is 10.9 Å². The van der Waals surface area contributed by atoms with Crippen molar-refractivity contribution in [3.63, 3.8) is 0 Å². The maximum atomic E-state index is 12.6. The first-order valence-electron chi connectivity index (χ1n) is 11.2. The van der Waals surface area contributed by atoms with Crippen LogP contribution in [0.3, 0.4) is 0 Å². The van der Waals surface area contributed by atoms with E-state index in [9.17, 15) is 9.59 Å². The number of benzene rings is 2. The molecular weight excluding hydrogens is 388 g/mol. The van der Waals surface area contributed by atoms with Crippen LogP contribution in [-0.2, 0) is 6.42 Å². The minimum atomic E-state index is -0.123. The summed E-state index contributed by atoms with van der Waals surface area (Å²) >= 11 is 0. The van der Waals surface area contributed by atoms with E-state index < -0.39 is 0 Å². The number of aromatic nitrogens is 2. The Balaban J connectivity index is 1.08. The van der Waals surface area contributed by atoms with Gasteiger partial charge in [0.1, 0.15) is 0 Å². The summed E-state index contributed by atoms with van der Waals surface area (Å²) < 4.78 is 0. The van der Waals surface area contributed by atoms with E-state index in [0.29, 0.717) is 17.4 Å². The molecule has 6 nitrogen and oxygen atoms in total. The summed E-state index contributed by atoms with van der Waals surface area (Å²) in [5.41, 5.74) is 2.50. The molecule has 3 aromatic rings. The van der Waals surface area contributed by atoms with Crippen LogP contribution in [0.25, 0.3) is 10.8 Å². The Labute approximate surface area is 180 Å². The summed E-state index contributed by atoms with van der Waals surface area (Å²) in [5.74, 6) is 0.390. The number of fused-ring (bicyclic) bond motifs is 1. The highest BCUT2D eigenvalue weighted by molar-refractivity contribution is 5.84. The van der Waals surface area contributed by atoms with Gasteiger partial charge in [0.05, 0.1) is 17.1 Å². The summed E-state index contributed by atoms with van der Waals surface area (Å²) in [6, 6.07) is 18.7. The summed E-state index contributed by atoms with van der Waals surface area (Å²) in [5, 5.41) is 11.9. The van der Waals surface area contributed by atoms with Gasteiger partial charge in [-0.1, -0.05) is 48.5 Å². The molecule has 0 bridgehead atoms. The van der Waals surface area contributed by atoms with Crippen molar-refractivity contribution in [3.8, 4) is 0 Å². The summed E-state index contributed by atoms with van der Waals surface area (Å²) in [7, 11) is 0. The number of rotatable bonds is 4. The minimum absolute atomic E-state index is 0.0879. The van der Waals surface area contributed by atoms with Gasteiger partial charge in [0, 0.05) is 23.9 Å². The van der Waals surface area contributed by atoms with Crippen LogP contribution in [0.15, 0.2) is 59.4 Å². The predicted molar refractivity (Wildman–Crippen MR) is 119 cm³/mol. The van der Waals surface area contributed by atoms with Crippen molar-refractivity contribution >= 4 is 16.8 Å². The highest BCUT2D eigenvalue weighted by Crippen LogP contribution is 2.63. The van der Waals surface area contributed by atoms with Gasteiger partial charge in [0.15, 0.2) is 0 Å². The molecule has 2 heterocycles. The van der Waals surface area contributed by atoms with E-state index in [-0.39, 0.29) is 17.6 Å². The fourth-order valence-corrected chi connectivity index (χ4v) is 6.07. The zero-order valence-electron chi connectivity index (χ0n) is 17.4. The number of carbonyl (C=O) groups is 1. The van der Waals surface area contributed by atoms with Gasteiger partial charge in [-0.15, -0.1) is 0 Å². The Morgan fingerprint density at radius 1 is 0.935 bits per heavy atom. The Bertz CT molecular complexity index is 1190. The molecule has 1 spiro atoms. The zero-order valence-corrected chi connectivity index (χ0v) is 17.4. The van der Waals surface area contributed by atoms with Crippen LogP contribution in [0.5, 0.6) is 0 Å². The van der Waals surface area contributed by atoms with Crippen LogP contribution in [0.4, 0.5) is 4.79 Å². The highest BCUT2D eigenvalue weighted by atomic mass is 16.2. The summed E-state index contributed by atoms with van der Waals surface area (Å²) in [4.78, 5) is 26.7. The zero-order chi connectivity index (χ0) is 21.0. The number of carbonyl (C=O) groups excluding carboxylic acids is 1. The second kappa shape index (κ2) is 6.94. The molecule has 6 rings (SSSR count). The van der Waals surface area contributed by atoms with Crippen molar-refractivity contribution in [1.29, 1.82) is 0 Å². The molecule has 2 amide bonds. The predicted octanol–water partition coefficient (Wildman–Crippen LogP) is 3.59. The standard InChI is InChI=1S/C25H26N4O2/c30-23-21-9-5-4-8-20(21)22(27-28-23)17-11-25(12-17)13-19(14-25)29-15-18(26-24(29)31)10-16-6-2-1-3-7-16/h1-9,17-19H,10-15H2,(H,26,31)(H,28,30)/t17-,18-,19-,25?/m1/s1. The van der Waals surface area contributed by atoms with Gasteiger partial charge in [-0.25, -0.2) is 9.89 Å². The van der Waals surface area contributed by atoms with Crippen LogP contribution in [0.1, 0.15) is 42.9 Å². The topological polar surface area (TPSA) is 78.1 Å². The van der Waals surface area contributed by atoms with Gasteiger partial charge in [-0.3, -0.25) is 4.79 Å². The van der Waals surface area contributed by atoms with Crippen LogP contribution >= 0.6 is 0 Å². The quantitative estimate of drug-likeness (QED) is 0.685. The number of aromatic amines is 1. The molecule has 6 heteroatoms. The van der Waals surface area contributed by atoms with E-state index in [1.165, 1.54) is 5.56 Å². The second-order valence-corrected chi connectivity index (χ2v) is 9.64. The van der Waals surface area contributed by atoms with Crippen molar-refractivity contribution in [3.05, 3.63) is 76.2 Å². The maximum absolute atomic E-state index is 12.6. The van der Waals surface area contributed by atoms with Gasteiger partial charge in [0.2, 0.25) is 0 Å². The molecule has 31 heavy (non-hydrogen) atoms. The first kappa shape index (κ1) is 18.6. The largest absolute Gasteiger partial charge is 0.333 e. The monoisotopic (exact) mass is 414 g/mol. The summed E-state index contributed by atoms with van der Waals surface area (Å²) in [6.07, 6.45) is 5.23. The fourth-order valence-electron chi connectivity index (χ4n) is 6.07. The number of amides is 2. The van der Waals surface area contributed by atoms with Crippen molar-refractivity contribution in [2.45, 2.75) is 50.1 Å². The number of H-pyrrole nitrogens is 1. The lowest BCUT2D eigenvalue weighted by atomic mass is 9.49. The number of hydrogen-bond donors (Lipinski definition) is 2. The number of nitrogens with one attached hydrogen (secondary N) is 2. The van der Waals surface area contributed by atoms with E-state index in [2.05, 4.69) is 32.5 Å². The van der Waals surface area contributed by atoms with Gasteiger partial charge >= 0.3 is 6.03 Å². The van der Waals surface area contributed by atoms with Crippen molar-refractivity contribution < 1.29 is 4.79 Å². The SMILES string of the molecule is O=C1N[C@H](Cc2ccccc2)CN1[C@H]1CC2(C[C@H](c3n[nH]c(=O)c4ccccc43)C2)C1. The fraction of sp³-hybridized carbons (Fsp3) is 0.400. The molecule has 2 aliphatic carbocycles. The van der Waals surface area contributed by atoms with Gasteiger partial charge < -0.3 is 10.2 Å². The third-order valence-corrected chi connectivity index (χ3v) is 7.58. The van der Waals surface area contributed by atoms with Gasteiger partial charge in [0.25, 0.3) is 5.56 Å². The smallest absolute Gasteiger partial charge is 0.318 e. The third-order valence-electron chi connectivity index (χ3n) is 7.58. The molecule has 1 aromatic heterocycles. The normalized spacial score (nSPS) is 29.6. The van der Waals surface area contributed by atoms with Crippen LogP contribution in [0, 0.1) is 5.41 Å². The minimum Gasteiger partial charge on any atom is -0.333 e. The first-order chi connectivity index (χ1) is 15.1. The van der Waals surface area contributed by atoms with Gasteiger partial charge in [-0.05, 0) is 49.1 Å². The van der Waals surface area contributed by atoms with Gasteiger partial charge in [-0.2, -0.15) is 5.10 Å². The molecule has 2 N–H and O–H groups in total. The molecule has 1 aliphatic heterocycles. The maximum Gasteiger partial charge on any atom is 0.318 e. The molecule has 2 aromatic carbocycles. The Morgan fingerprint density at radius 3 is 2.42 bits per heavy atom. The number of hydrogen-bond acceptors (Lipinski definition) is 3. The average Bonchev–Trinajstić information content (AvgIpc) is 3.08. The molecule has 0 radical (unpaired) electrons. The number of urea groups is 1.